The van der Waals surface area contributed by atoms with Crippen molar-refractivity contribution in [3.63, 3.8) is 0 Å². The zero-order valence-corrected chi connectivity index (χ0v) is 10.1. The number of pyridine rings is 1. The maximum atomic E-state index is 10.8. The van der Waals surface area contributed by atoms with Gasteiger partial charge in [-0.15, -0.1) is 0 Å². The molecule has 2 rings (SSSR count). The Morgan fingerprint density at radius 3 is 2.79 bits per heavy atom. The molecule has 0 aliphatic heterocycles. The van der Waals surface area contributed by atoms with E-state index in [4.69, 9.17) is 15.1 Å². The van der Waals surface area contributed by atoms with Gasteiger partial charge in [0, 0.05) is 12.3 Å². The van der Waals surface area contributed by atoms with Gasteiger partial charge in [0.15, 0.2) is 0 Å². The lowest BCUT2D eigenvalue weighted by Gasteiger charge is -2.09. The maximum Gasteiger partial charge on any atom is 0.335 e. The Morgan fingerprint density at radius 1 is 1.37 bits per heavy atom. The molecule has 0 unspecified atom stereocenters. The number of carboxylic acids is 1. The van der Waals surface area contributed by atoms with Gasteiger partial charge in [0.05, 0.1) is 5.56 Å². The Hall–Kier alpha value is -2.87. The maximum absolute atomic E-state index is 10.8. The van der Waals surface area contributed by atoms with E-state index in [0.29, 0.717) is 17.1 Å². The molecule has 1 aromatic heterocycles. The van der Waals surface area contributed by atoms with Gasteiger partial charge in [0.25, 0.3) is 0 Å². The quantitative estimate of drug-likeness (QED) is 0.910. The molecule has 2 aromatic rings. The first-order valence-corrected chi connectivity index (χ1v) is 5.48. The molecule has 0 amide bonds. The summed E-state index contributed by atoms with van der Waals surface area (Å²) in [5.74, 6) is 0.0446. The zero-order chi connectivity index (χ0) is 13.8. The lowest BCUT2D eigenvalue weighted by molar-refractivity contribution is 0.0697. The number of ether oxygens (including phenoxy) is 1. The highest BCUT2D eigenvalue weighted by atomic mass is 16.5. The molecular weight excluding hydrogens is 244 g/mol. The Labute approximate surface area is 109 Å². The summed E-state index contributed by atoms with van der Waals surface area (Å²) in [5, 5.41) is 17.6. The molecule has 1 heterocycles. The zero-order valence-electron chi connectivity index (χ0n) is 10.1. The minimum absolute atomic E-state index is 0.206. The largest absolute Gasteiger partial charge is 0.478 e. The summed E-state index contributed by atoms with van der Waals surface area (Å²) in [7, 11) is 0. The van der Waals surface area contributed by atoms with Crippen LogP contribution in [0.2, 0.25) is 0 Å². The van der Waals surface area contributed by atoms with Gasteiger partial charge < -0.3 is 9.84 Å². The van der Waals surface area contributed by atoms with Gasteiger partial charge >= 0.3 is 5.97 Å². The monoisotopic (exact) mass is 254 g/mol. The van der Waals surface area contributed by atoms with E-state index in [1.807, 2.05) is 6.07 Å². The fourth-order valence-electron chi connectivity index (χ4n) is 1.56. The van der Waals surface area contributed by atoms with E-state index in [0.717, 1.165) is 0 Å². The van der Waals surface area contributed by atoms with E-state index in [-0.39, 0.29) is 11.3 Å². The van der Waals surface area contributed by atoms with Crippen molar-refractivity contribution >= 4 is 5.97 Å². The highest BCUT2D eigenvalue weighted by Gasteiger charge is 2.07. The molecule has 0 saturated heterocycles. The SMILES string of the molecule is Cc1cc(C(=O)O)ccc1Oc1ccnc(C#N)c1. The Bertz CT molecular complexity index is 675. The normalized spacial score (nSPS) is 9.68. The summed E-state index contributed by atoms with van der Waals surface area (Å²) < 4.78 is 5.60. The highest BCUT2D eigenvalue weighted by Crippen LogP contribution is 2.25. The summed E-state index contributed by atoms with van der Waals surface area (Å²) in [5.41, 5.74) is 1.17. The number of nitriles is 1. The van der Waals surface area contributed by atoms with Gasteiger partial charge in [-0.3, -0.25) is 0 Å². The molecule has 0 saturated carbocycles. The van der Waals surface area contributed by atoms with Crippen molar-refractivity contribution < 1.29 is 14.6 Å². The van der Waals surface area contributed by atoms with Crippen molar-refractivity contribution in [2.75, 3.05) is 0 Å². The third-order valence-electron chi connectivity index (χ3n) is 2.50. The molecule has 0 aliphatic rings. The molecule has 0 bridgehead atoms. The number of hydrogen-bond donors (Lipinski definition) is 1. The van der Waals surface area contributed by atoms with E-state index in [2.05, 4.69) is 4.98 Å². The van der Waals surface area contributed by atoms with Gasteiger partial charge in [-0.2, -0.15) is 5.26 Å². The summed E-state index contributed by atoms with van der Waals surface area (Å²) in [6.45, 7) is 1.76. The topological polar surface area (TPSA) is 83.2 Å². The number of hydrogen-bond acceptors (Lipinski definition) is 4. The number of carbonyl (C=O) groups is 1. The number of benzene rings is 1. The van der Waals surface area contributed by atoms with Crippen LogP contribution in [0.15, 0.2) is 36.5 Å². The minimum atomic E-state index is -0.981. The predicted molar refractivity (Wildman–Crippen MR) is 67.2 cm³/mol. The van der Waals surface area contributed by atoms with Crippen LogP contribution in [0.1, 0.15) is 21.6 Å². The average Bonchev–Trinajstić information content (AvgIpc) is 2.41. The van der Waals surface area contributed by atoms with E-state index in [1.54, 1.807) is 19.1 Å². The molecule has 0 spiro atoms. The first-order valence-electron chi connectivity index (χ1n) is 5.48. The number of nitrogens with zero attached hydrogens (tertiary/aromatic N) is 2. The highest BCUT2D eigenvalue weighted by molar-refractivity contribution is 5.88. The number of aromatic nitrogens is 1. The van der Waals surface area contributed by atoms with Crippen molar-refractivity contribution in [2.24, 2.45) is 0 Å². The fourth-order valence-corrected chi connectivity index (χ4v) is 1.56. The van der Waals surface area contributed by atoms with Crippen molar-refractivity contribution in [1.29, 1.82) is 5.26 Å². The molecule has 19 heavy (non-hydrogen) atoms. The fraction of sp³-hybridized carbons (Fsp3) is 0.0714. The average molecular weight is 254 g/mol. The van der Waals surface area contributed by atoms with Crippen molar-refractivity contribution in [1.82, 2.24) is 4.98 Å². The van der Waals surface area contributed by atoms with Crippen LogP contribution in [0, 0.1) is 18.3 Å². The molecule has 0 atom stereocenters. The Morgan fingerprint density at radius 2 is 2.16 bits per heavy atom. The first-order chi connectivity index (χ1) is 9.10. The second kappa shape index (κ2) is 5.19. The summed E-state index contributed by atoms with van der Waals surface area (Å²) >= 11 is 0. The van der Waals surface area contributed by atoms with E-state index in [9.17, 15) is 4.79 Å². The lowest BCUT2D eigenvalue weighted by atomic mass is 10.1. The summed E-state index contributed by atoms with van der Waals surface area (Å²) in [4.78, 5) is 14.7. The smallest absolute Gasteiger partial charge is 0.335 e. The molecule has 0 radical (unpaired) electrons. The van der Waals surface area contributed by atoms with E-state index in [1.165, 1.54) is 24.4 Å². The molecule has 94 valence electrons. The van der Waals surface area contributed by atoms with Gasteiger partial charge in [0.2, 0.25) is 0 Å². The first kappa shape index (κ1) is 12.6. The number of aryl methyl sites for hydroxylation is 1. The van der Waals surface area contributed by atoms with Crippen LogP contribution in [-0.4, -0.2) is 16.1 Å². The number of aromatic carboxylic acids is 1. The van der Waals surface area contributed by atoms with Crippen molar-refractivity contribution in [3.05, 3.63) is 53.3 Å². The molecular formula is C14H10N2O3. The van der Waals surface area contributed by atoms with Crippen LogP contribution < -0.4 is 4.74 Å². The standard InChI is InChI=1S/C14H10N2O3/c1-9-6-10(14(17)18)2-3-13(9)19-12-4-5-16-11(7-12)8-15/h2-7H,1H3,(H,17,18). The second-order valence-electron chi connectivity index (χ2n) is 3.88. The van der Waals surface area contributed by atoms with Crippen molar-refractivity contribution in [2.45, 2.75) is 6.92 Å². The van der Waals surface area contributed by atoms with Gasteiger partial charge in [-0.05, 0) is 36.8 Å². The van der Waals surface area contributed by atoms with Crippen LogP contribution >= 0.6 is 0 Å². The Balaban J connectivity index is 2.28. The van der Waals surface area contributed by atoms with Crippen LogP contribution in [0.4, 0.5) is 0 Å². The van der Waals surface area contributed by atoms with Crippen LogP contribution in [0.3, 0.4) is 0 Å². The second-order valence-corrected chi connectivity index (χ2v) is 3.88. The molecule has 5 heteroatoms. The molecule has 0 aliphatic carbocycles. The van der Waals surface area contributed by atoms with E-state index >= 15 is 0 Å². The number of carboxylic acid groups (broad SMARTS) is 1. The minimum Gasteiger partial charge on any atom is -0.478 e. The molecule has 1 N–H and O–H groups in total. The van der Waals surface area contributed by atoms with Gasteiger partial charge in [-0.1, -0.05) is 0 Å². The third kappa shape index (κ3) is 2.87. The van der Waals surface area contributed by atoms with E-state index < -0.39 is 5.97 Å². The number of rotatable bonds is 3. The van der Waals surface area contributed by atoms with Gasteiger partial charge in [-0.25, -0.2) is 9.78 Å². The van der Waals surface area contributed by atoms with Crippen molar-refractivity contribution in [3.8, 4) is 17.6 Å². The van der Waals surface area contributed by atoms with Crippen LogP contribution in [-0.2, 0) is 0 Å². The molecule has 5 nitrogen and oxygen atoms in total. The predicted octanol–water partition coefficient (Wildman–Crippen LogP) is 2.75. The van der Waals surface area contributed by atoms with Gasteiger partial charge in [0.1, 0.15) is 23.3 Å². The summed E-state index contributed by atoms with van der Waals surface area (Å²) in [6, 6.07) is 9.66. The molecule has 0 fully saturated rings. The summed E-state index contributed by atoms with van der Waals surface area (Å²) in [6.07, 6.45) is 1.48. The molecule has 1 aromatic carbocycles. The third-order valence-corrected chi connectivity index (χ3v) is 2.50. The Kier molecular flexibility index (Phi) is 3.44. The lowest BCUT2D eigenvalue weighted by Crippen LogP contribution is -1.97. The van der Waals surface area contributed by atoms with Crippen LogP contribution in [0.25, 0.3) is 0 Å². The van der Waals surface area contributed by atoms with Crippen LogP contribution in [0.5, 0.6) is 11.5 Å².